The Morgan fingerprint density at radius 1 is 1.30 bits per heavy atom. The van der Waals surface area contributed by atoms with Gasteiger partial charge in [0.25, 0.3) is 0 Å². The monoisotopic (exact) mass is 314 g/mol. The summed E-state index contributed by atoms with van der Waals surface area (Å²) in [7, 11) is 0. The standard InChI is InChI=1S/C20H27FN2/c1-15(2)20(9-11-22)10-12-23(14-19(20)21)13-16-3-5-17(6-4-16)18-7-8-18/h3-6,15,18-19H,7-10,12-14H2,1-2H3. The summed E-state index contributed by atoms with van der Waals surface area (Å²) in [6.07, 6.45) is 2.84. The van der Waals surface area contributed by atoms with Crippen LogP contribution >= 0.6 is 0 Å². The lowest BCUT2D eigenvalue weighted by Crippen LogP contribution is -2.51. The SMILES string of the molecule is CC(C)C1(CC#N)CCN(Cc2ccc(C3CC3)cc2)CC1F. The van der Waals surface area contributed by atoms with Crippen molar-refractivity contribution in [2.75, 3.05) is 13.1 Å². The molecular weight excluding hydrogens is 287 g/mol. The predicted molar refractivity (Wildman–Crippen MR) is 90.7 cm³/mol. The van der Waals surface area contributed by atoms with Crippen molar-refractivity contribution in [3.8, 4) is 6.07 Å². The van der Waals surface area contributed by atoms with Crippen LogP contribution in [0.25, 0.3) is 0 Å². The van der Waals surface area contributed by atoms with Crippen LogP contribution < -0.4 is 0 Å². The van der Waals surface area contributed by atoms with E-state index in [2.05, 4.69) is 49.1 Å². The Bertz CT molecular complexity index is 570. The molecule has 1 saturated heterocycles. The van der Waals surface area contributed by atoms with Crippen LogP contribution in [0.15, 0.2) is 24.3 Å². The van der Waals surface area contributed by atoms with Crippen molar-refractivity contribution in [1.82, 2.24) is 4.90 Å². The van der Waals surface area contributed by atoms with E-state index >= 15 is 0 Å². The molecule has 124 valence electrons. The molecule has 3 heteroatoms. The maximum Gasteiger partial charge on any atom is 0.120 e. The molecule has 23 heavy (non-hydrogen) atoms. The van der Waals surface area contributed by atoms with Crippen LogP contribution in [-0.4, -0.2) is 24.2 Å². The minimum atomic E-state index is -0.915. The predicted octanol–water partition coefficient (Wildman–Crippen LogP) is 4.66. The minimum Gasteiger partial charge on any atom is -0.296 e. The summed E-state index contributed by atoms with van der Waals surface area (Å²) in [5.41, 5.74) is 2.25. The molecule has 2 aliphatic rings. The Morgan fingerprint density at radius 2 is 2.00 bits per heavy atom. The average molecular weight is 314 g/mol. The Morgan fingerprint density at radius 3 is 2.52 bits per heavy atom. The molecule has 1 heterocycles. The van der Waals surface area contributed by atoms with Gasteiger partial charge in [-0.05, 0) is 48.8 Å². The smallest absolute Gasteiger partial charge is 0.120 e. The molecule has 1 aliphatic carbocycles. The van der Waals surface area contributed by atoms with Crippen LogP contribution in [0.5, 0.6) is 0 Å². The van der Waals surface area contributed by atoms with Gasteiger partial charge in [-0.1, -0.05) is 38.1 Å². The van der Waals surface area contributed by atoms with Crippen molar-refractivity contribution in [2.24, 2.45) is 11.3 Å². The highest BCUT2D eigenvalue weighted by Crippen LogP contribution is 2.44. The molecule has 2 unspecified atom stereocenters. The number of halogens is 1. The molecule has 2 atom stereocenters. The maximum atomic E-state index is 14.9. The van der Waals surface area contributed by atoms with Gasteiger partial charge in [0.15, 0.2) is 0 Å². The zero-order chi connectivity index (χ0) is 16.4. The van der Waals surface area contributed by atoms with Gasteiger partial charge in [0.05, 0.1) is 6.07 Å². The van der Waals surface area contributed by atoms with E-state index in [0.29, 0.717) is 13.0 Å². The fourth-order valence-corrected chi connectivity index (χ4v) is 3.94. The van der Waals surface area contributed by atoms with Crippen LogP contribution in [0, 0.1) is 22.7 Å². The number of nitrogens with zero attached hydrogens (tertiary/aromatic N) is 2. The van der Waals surface area contributed by atoms with E-state index in [-0.39, 0.29) is 5.92 Å². The normalized spacial score (nSPS) is 28.7. The van der Waals surface area contributed by atoms with Gasteiger partial charge in [0.2, 0.25) is 0 Å². The summed E-state index contributed by atoms with van der Waals surface area (Å²) in [5, 5.41) is 9.10. The first kappa shape index (κ1) is 16.5. The maximum absolute atomic E-state index is 14.9. The molecule has 2 nitrogen and oxygen atoms in total. The van der Waals surface area contributed by atoms with E-state index in [0.717, 1.165) is 25.4 Å². The summed E-state index contributed by atoms with van der Waals surface area (Å²) in [6.45, 7) is 6.24. The molecule has 0 bridgehead atoms. The van der Waals surface area contributed by atoms with Gasteiger partial charge < -0.3 is 0 Å². The first-order chi connectivity index (χ1) is 11.0. The fourth-order valence-electron chi connectivity index (χ4n) is 3.94. The second-order valence-electron chi connectivity index (χ2n) is 7.69. The second kappa shape index (κ2) is 6.61. The molecule has 1 saturated carbocycles. The number of likely N-dealkylation sites (tertiary alicyclic amines) is 1. The summed E-state index contributed by atoms with van der Waals surface area (Å²) in [5.74, 6) is 0.990. The third-order valence-electron chi connectivity index (χ3n) is 5.93. The van der Waals surface area contributed by atoms with Gasteiger partial charge in [0.1, 0.15) is 6.17 Å². The Labute approximate surface area is 139 Å². The number of alkyl halides is 1. The molecule has 3 rings (SSSR count). The van der Waals surface area contributed by atoms with Crippen molar-refractivity contribution in [1.29, 1.82) is 5.26 Å². The topological polar surface area (TPSA) is 27.0 Å². The largest absolute Gasteiger partial charge is 0.296 e. The van der Waals surface area contributed by atoms with E-state index in [1.165, 1.54) is 24.0 Å². The van der Waals surface area contributed by atoms with E-state index in [9.17, 15) is 4.39 Å². The van der Waals surface area contributed by atoms with Crippen LogP contribution in [0.1, 0.15) is 56.6 Å². The second-order valence-corrected chi connectivity index (χ2v) is 7.69. The van der Waals surface area contributed by atoms with Crippen molar-refractivity contribution in [3.63, 3.8) is 0 Å². The molecule has 0 aromatic heterocycles. The van der Waals surface area contributed by atoms with Gasteiger partial charge in [0, 0.05) is 24.9 Å². The third kappa shape index (κ3) is 3.43. The molecule has 0 radical (unpaired) electrons. The van der Waals surface area contributed by atoms with E-state index in [1.54, 1.807) is 0 Å². The number of benzene rings is 1. The van der Waals surface area contributed by atoms with Crippen LogP contribution in [0.2, 0.25) is 0 Å². The summed E-state index contributed by atoms with van der Waals surface area (Å²) < 4.78 is 14.9. The first-order valence-electron chi connectivity index (χ1n) is 8.87. The summed E-state index contributed by atoms with van der Waals surface area (Å²) >= 11 is 0. The molecule has 0 N–H and O–H groups in total. The number of hydrogen-bond acceptors (Lipinski definition) is 2. The van der Waals surface area contributed by atoms with Gasteiger partial charge in [-0.3, -0.25) is 4.90 Å². The van der Waals surface area contributed by atoms with Crippen LogP contribution in [0.3, 0.4) is 0 Å². The lowest BCUT2D eigenvalue weighted by atomic mass is 9.67. The first-order valence-corrected chi connectivity index (χ1v) is 8.87. The van der Waals surface area contributed by atoms with Crippen molar-refractivity contribution in [2.45, 2.75) is 58.2 Å². The average Bonchev–Trinajstić information content (AvgIpc) is 3.35. The van der Waals surface area contributed by atoms with Crippen LogP contribution in [-0.2, 0) is 6.54 Å². The lowest BCUT2D eigenvalue weighted by Gasteiger charge is -2.46. The van der Waals surface area contributed by atoms with Crippen molar-refractivity contribution < 1.29 is 4.39 Å². The molecule has 0 amide bonds. The number of nitriles is 1. The Hall–Kier alpha value is -1.40. The molecular formula is C20H27FN2. The minimum absolute atomic E-state index is 0.206. The molecule has 0 spiro atoms. The Balaban J connectivity index is 1.62. The summed E-state index contributed by atoms with van der Waals surface area (Å²) in [6, 6.07) is 11.1. The van der Waals surface area contributed by atoms with E-state index < -0.39 is 11.6 Å². The van der Waals surface area contributed by atoms with E-state index in [1.807, 2.05) is 0 Å². The zero-order valence-corrected chi connectivity index (χ0v) is 14.3. The molecule has 1 aromatic rings. The van der Waals surface area contributed by atoms with Crippen molar-refractivity contribution in [3.05, 3.63) is 35.4 Å². The van der Waals surface area contributed by atoms with Crippen molar-refractivity contribution >= 4 is 0 Å². The van der Waals surface area contributed by atoms with Gasteiger partial charge >= 0.3 is 0 Å². The summed E-state index contributed by atoms with van der Waals surface area (Å²) in [4.78, 5) is 2.20. The molecule has 1 aliphatic heterocycles. The molecule has 2 fully saturated rings. The number of rotatable bonds is 5. The lowest BCUT2D eigenvalue weighted by molar-refractivity contribution is -0.0253. The van der Waals surface area contributed by atoms with Gasteiger partial charge in [-0.2, -0.15) is 5.26 Å². The highest BCUT2D eigenvalue weighted by Gasteiger charge is 2.45. The van der Waals surface area contributed by atoms with E-state index in [4.69, 9.17) is 5.26 Å². The number of hydrogen-bond donors (Lipinski definition) is 0. The quantitative estimate of drug-likeness (QED) is 0.790. The highest BCUT2D eigenvalue weighted by atomic mass is 19.1. The molecule has 1 aromatic carbocycles. The number of piperidine rings is 1. The third-order valence-corrected chi connectivity index (χ3v) is 5.93. The fraction of sp³-hybridized carbons (Fsp3) is 0.650. The Kier molecular flexibility index (Phi) is 4.73. The van der Waals surface area contributed by atoms with Gasteiger partial charge in [-0.25, -0.2) is 4.39 Å². The van der Waals surface area contributed by atoms with Crippen LogP contribution in [0.4, 0.5) is 4.39 Å². The zero-order valence-electron chi connectivity index (χ0n) is 14.3. The van der Waals surface area contributed by atoms with Gasteiger partial charge in [-0.15, -0.1) is 0 Å². The highest BCUT2D eigenvalue weighted by molar-refractivity contribution is 5.28.